The van der Waals surface area contributed by atoms with Gasteiger partial charge < -0.3 is 10.1 Å². The summed E-state index contributed by atoms with van der Waals surface area (Å²) in [6.45, 7) is 0.456. The maximum Gasteiger partial charge on any atom is 0.263 e. The van der Waals surface area contributed by atoms with Crippen molar-refractivity contribution >= 4 is 33.2 Å². The molecule has 142 valence electrons. The number of benzene rings is 1. The SMILES string of the molecule is CS(=O)(=O)N1CC(C(=O)NCCC2=CCCCC2)Oc2ccc(Cl)cc21. The molecule has 1 amide bonds. The molecule has 2 aliphatic rings. The van der Waals surface area contributed by atoms with E-state index in [1.54, 1.807) is 12.1 Å². The van der Waals surface area contributed by atoms with Crippen molar-refractivity contribution in [1.29, 1.82) is 0 Å². The van der Waals surface area contributed by atoms with Crippen LogP contribution < -0.4 is 14.4 Å². The quantitative estimate of drug-likeness (QED) is 0.774. The number of allylic oxidation sites excluding steroid dienone is 1. The lowest BCUT2D eigenvalue weighted by atomic mass is 9.97. The molecule has 1 aliphatic carbocycles. The van der Waals surface area contributed by atoms with Crippen LogP contribution in [0.5, 0.6) is 5.75 Å². The number of hydrogen-bond donors (Lipinski definition) is 1. The standard InChI is InChI=1S/C18H23ClN2O4S/c1-26(23,24)21-12-17(25-16-8-7-14(19)11-15(16)21)18(22)20-10-9-13-5-3-2-4-6-13/h5,7-8,11,17H,2-4,6,9-10,12H2,1H3,(H,20,22). The molecule has 0 fully saturated rings. The highest BCUT2D eigenvalue weighted by Crippen LogP contribution is 2.37. The van der Waals surface area contributed by atoms with Crippen molar-refractivity contribution in [3.63, 3.8) is 0 Å². The minimum atomic E-state index is -3.55. The Kier molecular flexibility index (Phi) is 5.77. The molecule has 8 heteroatoms. The molecule has 3 rings (SSSR count). The summed E-state index contributed by atoms with van der Waals surface area (Å²) in [6.07, 6.45) is 7.92. The van der Waals surface area contributed by atoms with Crippen LogP contribution in [0.1, 0.15) is 32.1 Å². The maximum absolute atomic E-state index is 12.5. The lowest BCUT2D eigenvalue weighted by Crippen LogP contribution is -2.50. The van der Waals surface area contributed by atoms with Crippen LogP contribution in [0.15, 0.2) is 29.8 Å². The van der Waals surface area contributed by atoms with Gasteiger partial charge in [-0.1, -0.05) is 23.3 Å². The highest BCUT2D eigenvalue weighted by molar-refractivity contribution is 7.92. The van der Waals surface area contributed by atoms with Gasteiger partial charge in [0.05, 0.1) is 18.5 Å². The molecule has 1 heterocycles. The van der Waals surface area contributed by atoms with Gasteiger partial charge in [-0.2, -0.15) is 0 Å². The van der Waals surface area contributed by atoms with Crippen LogP contribution in [0.3, 0.4) is 0 Å². The number of carbonyl (C=O) groups is 1. The van der Waals surface area contributed by atoms with Crippen LogP contribution in [-0.4, -0.2) is 39.8 Å². The van der Waals surface area contributed by atoms with Gasteiger partial charge in [0.1, 0.15) is 5.75 Å². The summed E-state index contributed by atoms with van der Waals surface area (Å²) < 4.78 is 31.2. The Bertz CT molecular complexity index is 822. The van der Waals surface area contributed by atoms with Gasteiger partial charge in [0.2, 0.25) is 10.0 Å². The summed E-state index contributed by atoms with van der Waals surface area (Å²) in [5, 5.41) is 3.27. The summed E-state index contributed by atoms with van der Waals surface area (Å²) in [6, 6.07) is 4.72. The number of amides is 1. The Morgan fingerprint density at radius 3 is 2.88 bits per heavy atom. The fraction of sp³-hybridized carbons (Fsp3) is 0.500. The second-order valence-electron chi connectivity index (χ2n) is 6.66. The molecule has 26 heavy (non-hydrogen) atoms. The van der Waals surface area contributed by atoms with Crippen molar-refractivity contribution in [2.75, 3.05) is 23.7 Å². The van der Waals surface area contributed by atoms with E-state index < -0.39 is 16.1 Å². The zero-order valence-electron chi connectivity index (χ0n) is 14.7. The second kappa shape index (κ2) is 7.88. The van der Waals surface area contributed by atoms with Crippen LogP contribution in [0.2, 0.25) is 5.02 Å². The third-order valence-corrected chi connectivity index (χ3v) is 6.00. The zero-order chi connectivity index (χ0) is 18.7. The highest BCUT2D eigenvalue weighted by Gasteiger charge is 2.35. The Morgan fingerprint density at radius 2 is 2.19 bits per heavy atom. The maximum atomic E-state index is 12.5. The molecule has 6 nitrogen and oxygen atoms in total. The number of hydrogen-bond acceptors (Lipinski definition) is 4. The van der Waals surface area contributed by atoms with E-state index in [4.69, 9.17) is 16.3 Å². The Morgan fingerprint density at radius 1 is 1.38 bits per heavy atom. The molecule has 0 bridgehead atoms. The van der Waals surface area contributed by atoms with Crippen LogP contribution >= 0.6 is 11.6 Å². The van der Waals surface area contributed by atoms with Crippen molar-refractivity contribution in [1.82, 2.24) is 5.32 Å². The van der Waals surface area contributed by atoms with Crippen molar-refractivity contribution in [3.8, 4) is 5.75 Å². The summed E-state index contributed by atoms with van der Waals surface area (Å²) in [4.78, 5) is 12.5. The molecule has 0 saturated heterocycles. The fourth-order valence-corrected chi connectivity index (χ4v) is 4.34. The minimum absolute atomic E-state index is 0.0687. The first-order chi connectivity index (χ1) is 12.3. The average Bonchev–Trinajstić information content (AvgIpc) is 2.60. The number of rotatable bonds is 5. The molecule has 1 atom stereocenters. The van der Waals surface area contributed by atoms with Crippen LogP contribution in [0.25, 0.3) is 0 Å². The molecule has 1 aliphatic heterocycles. The lowest BCUT2D eigenvalue weighted by Gasteiger charge is -2.34. The third-order valence-electron chi connectivity index (χ3n) is 4.61. The molecule has 1 aromatic rings. The van der Waals surface area contributed by atoms with E-state index in [2.05, 4.69) is 11.4 Å². The molecule has 1 N–H and O–H groups in total. The number of nitrogens with zero attached hydrogens (tertiary/aromatic N) is 1. The van der Waals surface area contributed by atoms with Gasteiger partial charge in [0.25, 0.3) is 5.91 Å². The smallest absolute Gasteiger partial charge is 0.263 e. The van der Waals surface area contributed by atoms with Gasteiger partial charge in [0, 0.05) is 11.6 Å². The molecule has 0 spiro atoms. The van der Waals surface area contributed by atoms with Crippen molar-refractivity contribution < 1.29 is 17.9 Å². The molecular formula is C18H23ClN2O4S. The van der Waals surface area contributed by atoms with E-state index in [1.165, 1.54) is 28.8 Å². The largest absolute Gasteiger partial charge is 0.476 e. The lowest BCUT2D eigenvalue weighted by molar-refractivity contribution is -0.127. The molecule has 1 aromatic carbocycles. The highest BCUT2D eigenvalue weighted by atomic mass is 35.5. The summed E-state index contributed by atoms with van der Waals surface area (Å²) in [5.41, 5.74) is 1.73. The number of halogens is 1. The number of carbonyl (C=O) groups excluding carboxylic acids is 1. The van der Waals surface area contributed by atoms with Gasteiger partial charge in [0.15, 0.2) is 6.10 Å². The average molecular weight is 399 g/mol. The predicted octanol–water partition coefficient (Wildman–Crippen LogP) is 2.87. The molecule has 0 aromatic heterocycles. The third kappa shape index (κ3) is 4.51. The monoisotopic (exact) mass is 398 g/mol. The zero-order valence-corrected chi connectivity index (χ0v) is 16.3. The van der Waals surface area contributed by atoms with Gasteiger partial charge in [-0.25, -0.2) is 8.42 Å². The Labute approximate surface area is 159 Å². The van der Waals surface area contributed by atoms with E-state index in [9.17, 15) is 13.2 Å². The predicted molar refractivity (Wildman–Crippen MR) is 102 cm³/mol. The fourth-order valence-electron chi connectivity index (χ4n) is 3.27. The number of sulfonamides is 1. The first kappa shape index (κ1) is 19.0. The van der Waals surface area contributed by atoms with Gasteiger partial charge in [-0.3, -0.25) is 9.10 Å². The number of fused-ring (bicyclic) bond motifs is 1. The van der Waals surface area contributed by atoms with Gasteiger partial charge in [-0.05, 0) is 50.3 Å². The normalized spacial score (nSPS) is 20.0. The van der Waals surface area contributed by atoms with Crippen molar-refractivity contribution in [2.24, 2.45) is 0 Å². The minimum Gasteiger partial charge on any atom is -0.476 e. The van der Waals surface area contributed by atoms with Crippen molar-refractivity contribution in [2.45, 2.75) is 38.2 Å². The Hall–Kier alpha value is -1.73. The van der Waals surface area contributed by atoms with Crippen LogP contribution in [0.4, 0.5) is 5.69 Å². The first-order valence-electron chi connectivity index (χ1n) is 8.74. The van der Waals surface area contributed by atoms with Crippen LogP contribution in [-0.2, 0) is 14.8 Å². The van der Waals surface area contributed by atoms with E-state index in [-0.39, 0.29) is 12.5 Å². The van der Waals surface area contributed by atoms with E-state index in [0.717, 1.165) is 25.5 Å². The van der Waals surface area contributed by atoms with Gasteiger partial charge in [-0.15, -0.1) is 0 Å². The number of ether oxygens (including phenoxy) is 1. The van der Waals surface area contributed by atoms with Crippen molar-refractivity contribution in [3.05, 3.63) is 34.9 Å². The molecular weight excluding hydrogens is 376 g/mol. The van der Waals surface area contributed by atoms with E-state index >= 15 is 0 Å². The second-order valence-corrected chi connectivity index (χ2v) is 9.01. The summed E-state index contributed by atoms with van der Waals surface area (Å²) >= 11 is 5.97. The number of nitrogens with one attached hydrogen (secondary N) is 1. The molecule has 0 radical (unpaired) electrons. The van der Waals surface area contributed by atoms with E-state index in [1.807, 2.05) is 0 Å². The number of anilines is 1. The summed E-state index contributed by atoms with van der Waals surface area (Å²) in [5.74, 6) is 0.0249. The Balaban J connectivity index is 1.67. The van der Waals surface area contributed by atoms with Gasteiger partial charge >= 0.3 is 0 Å². The first-order valence-corrected chi connectivity index (χ1v) is 11.0. The molecule has 1 unspecified atom stereocenters. The summed E-state index contributed by atoms with van der Waals surface area (Å²) in [7, 11) is -3.55. The topological polar surface area (TPSA) is 75.7 Å². The molecule has 0 saturated carbocycles. The van der Waals surface area contributed by atoms with Crippen LogP contribution in [0, 0.1) is 0 Å². The van der Waals surface area contributed by atoms with E-state index in [0.29, 0.717) is 23.0 Å².